The van der Waals surface area contributed by atoms with Crippen LogP contribution in [0.3, 0.4) is 0 Å². The zero-order valence-corrected chi connectivity index (χ0v) is 11.2. The van der Waals surface area contributed by atoms with E-state index >= 15 is 0 Å². The second kappa shape index (κ2) is 5.71. The summed E-state index contributed by atoms with van der Waals surface area (Å²) in [5.74, 6) is 2.14. The van der Waals surface area contributed by atoms with Gasteiger partial charge in [-0.1, -0.05) is 0 Å². The zero-order valence-electron chi connectivity index (χ0n) is 11.2. The fourth-order valence-corrected chi connectivity index (χ4v) is 3.15. The lowest BCUT2D eigenvalue weighted by Crippen LogP contribution is -2.30. The van der Waals surface area contributed by atoms with Crippen molar-refractivity contribution in [3.8, 4) is 0 Å². The number of rotatable bonds is 8. The molecule has 3 fully saturated rings. The molecule has 0 radical (unpaired) electrons. The van der Waals surface area contributed by atoms with E-state index in [1.165, 1.54) is 77.5 Å². The van der Waals surface area contributed by atoms with Crippen LogP contribution in [0.1, 0.15) is 51.4 Å². The van der Waals surface area contributed by atoms with Gasteiger partial charge in [-0.05, 0) is 76.3 Å². The van der Waals surface area contributed by atoms with Crippen LogP contribution in [0.25, 0.3) is 0 Å². The second-order valence-corrected chi connectivity index (χ2v) is 6.58. The third-order valence-electron chi connectivity index (χ3n) is 4.62. The van der Waals surface area contributed by atoms with Gasteiger partial charge in [0.1, 0.15) is 0 Å². The van der Waals surface area contributed by atoms with Gasteiger partial charge >= 0.3 is 0 Å². The second-order valence-electron chi connectivity index (χ2n) is 6.58. The summed E-state index contributed by atoms with van der Waals surface area (Å²) in [5.41, 5.74) is 0. The van der Waals surface area contributed by atoms with Crippen molar-refractivity contribution in [2.24, 2.45) is 11.8 Å². The highest BCUT2D eigenvalue weighted by Crippen LogP contribution is 2.33. The monoisotopic (exact) mass is 236 g/mol. The number of nitrogens with one attached hydrogen (secondary N) is 1. The van der Waals surface area contributed by atoms with Crippen LogP contribution in [-0.2, 0) is 0 Å². The molecule has 1 heterocycles. The van der Waals surface area contributed by atoms with Gasteiger partial charge in [-0.25, -0.2) is 0 Å². The highest BCUT2D eigenvalue weighted by atomic mass is 15.1. The van der Waals surface area contributed by atoms with Gasteiger partial charge in [-0.15, -0.1) is 0 Å². The van der Waals surface area contributed by atoms with E-state index in [1.54, 1.807) is 0 Å². The highest BCUT2D eigenvalue weighted by molar-refractivity contribution is 4.83. The van der Waals surface area contributed by atoms with Crippen molar-refractivity contribution in [2.45, 2.75) is 57.4 Å². The molecule has 0 aromatic carbocycles. The molecule has 2 nitrogen and oxygen atoms in total. The van der Waals surface area contributed by atoms with Crippen LogP contribution >= 0.6 is 0 Å². The van der Waals surface area contributed by atoms with E-state index in [2.05, 4.69) is 10.2 Å². The molecule has 2 heteroatoms. The predicted molar refractivity (Wildman–Crippen MR) is 72.1 cm³/mol. The van der Waals surface area contributed by atoms with Gasteiger partial charge in [-0.2, -0.15) is 0 Å². The van der Waals surface area contributed by atoms with Crippen molar-refractivity contribution in [1.82, 2.24) is 10.2 Å². The van der Waals surface area contributed by atoms with E-state index in [9.17, 15) is 0 Å². The summed E-state index contributed by atoms with van der Waals surface area (Å²) >= 11 is 0. The normalized spacial score (nSPS) is 29.1. The lowest BCUT2D eigenvalue weighted by molar-refractivity contribution is 0.244. The molecule has 1 unspecified atom stereocenters. The Hall–Kier alpha value is -0.0800. The summed E-state index contributed by atoms with van der Waals surface area (Å²) < 4.78 is 0. The molecule has 1 N–H and O–H groups in total. The third-order valence-corrected chi connectivity index (χ3v) is 4.62. The predicted octanol–water partition coefficient (Wildman–Crippen LogP) is 2.64. The van der Waals surface area contributed by atoms with Gasteiger partial charge < -0.3 is 10.2 Å². The van der Waals surface area contributed by atoms with E-state index in [4.69, 9.17) is 0 Å². The average molecular weight is 236 g/mol. The number of nitrogens with zero attached hydrogens (tertiary/aromatic N) is 1. The average Bonchev–Trinajstić information content (AvgIpc) is 3.23. The van der Waals surface area contributed by atoms with Gasteiger partial charge in [-0.3, -0.25) is 0 Å². The van der Waals surface area contributed by atoms with E-state index < -0.39 is 0 Å². The first kappa shape index (κ1) is 12.0. The minimum Gasteiger partial charge on any atom is -0.314 e. The van der Waals surface area contributed by atoms with Crippen molar-refractivity contribution in [2.75, 3.05) is 26.2 Å². The van der Waals surface area contributed by atoms with Crippen LogP contribution in [0, 0.1) is 11.8 Å². The molecule has 0 bridgehead atoms. The molecule has 1 aliphatic heterocycles. The Morgan fingerprint density at radius 2 is 1.65 bits per heavy atom. The fourth-order valence-electron chi connectivity index (χ4n) is 3.15. The SMILES string of the molecule is C1CNC(CCCN(CC2CC2)CC2CC2)C1. The van der Waals surface area contributed by atoms with Crippen LogP contribution in [0.4, 0.5) is 0 Å². The standard InChI is InChI=1S/C15H28N2/c1-3-15(16-9-1)4-2-10-17(11-13-5-6-13)12-14-7-8-14/h13-16H,1-12H2. The molecule has 2 aliphatic carbocycles. The summed E-state index contributed by atoms with van der Waals surface area (Å²) in [7, 11) is 0. The Balaban J connectivity index is 1.33. The maximum Gasteiger partial charge on any atom is 0.00680 e. The summed E-state index contributed by atoms with van der Waals surface area (Å²) in [6.45, 7) is 5.45. The van der Waals surface area contributed by atoms with Crippen molar-refractivity contribution in [3.05, 3.63) is 0 Å². The molecular weight excluding hydrogens is 208 g/mol. The Morgan fingerprint density at radius 1 is 0.941 bits per heavy atom. The van der Waals surface area contributed by atoms with Crippen LogP contribution in [0.2, 0.25) is 0 Å². The van der Waals surface area contributed by atoms with Gasteiger partial charge in [0.2, 0.25) is 0 Å². The highest BCUT2D eigenvalue weighted by Gasteiger charge is 2.28. The maximum absolute atomic E-state index is 3.62. The Kier molecular flexibility index (Phi) is 4.02. The lowest BCUT2D eigenvalue weighted by atomic mass is 10.1. The Bertz CT molecular complexity index is 213. The van der Waals surface area contributed by atoms with Crippen LogP contribution in [0.15, 0.2) is 0 Å². The quantitative estimate of drug-likeness (QED) is 0.697. The van der Waals surface area contributed by atoms with Crippen molar-refractivity contribution in [3.63, 3.8) is 0 Å². The Morgan fingerprint density at radius 3 is 2.18 bits per heavy atom. The van der Waals surface area contributed by atoms with Gasteiger partial charge in [0.25, 0.3) is 0 Å². The minimum absolute atomic E-state index is 0.846. The molecule has 0 aromatic rings. The first-order chi connectivity index (χ1) is 8.40. The molecular formula is C15H28N2. The maximum atomic E-state index is 3.62. The molecule has 3 rings (SSSR count). The van der Waals surface area contributed by atoms with Crippen molar-refractivity contribution in [1.29, 1.82) is 0 Å². The van der Waals surface area contributed by atoms with E-state index in [0.717, 1.165) is 17.9 Å². The Labute approximate surface area is 106 Å². The van der Waals surface area contributed by atoms with E-state index in [-0.39, 0.29) is 0 Å². The number of hydrogen-bond donors (Lipinski definition) is 1. The summed E-state index contributed by atoms with van der Waals surface area (Å²) in [6, 6.07) is 0.846. The van der Waals surface area contributed by atoms with Crippen molar-refractivity contribution >= 4 is 0 Å². The van der Waals surface area contributed by atoms with E-state index in [1.807, 2.05) is 0 Å². The van der Waals surface area contributed by atoms with Gasteiger partial charge in [0.05, 0.1) is 0 Å². The molecule has 17 heavy (non-hydrogen) atoms. The van der Waals surface area contributed by atoms with Gasteiger partial charge in [0.15, 0.2) is 0 Å². The summed E-state index contributed by atoms with van der Waals surface area (Å²) in [4.78, 5) is 2.78. The molecule has 0 amide bonds. The molecule has 0 spiro atoms. The van der Waals surface area contributed by atoms with E-state index in [0.29, 0.717) is 0 Å². The van der Waals surface area contributed by atoms with Gasteiger partial charge in [0, 0.05) is 19.1 Å². The molecule has 98 valence electrons. The van der Waals surface area contributed by atoms with Crippen LogP contribution in [-0.4, -0.2) is 37.1 Å². The molecule has 0 aromatic heterocycles. The minimum atomic E-state index is 0.846. The first-order valence-corrected chi connectivity index (χ1v) is 7.86. The first-order valence-electron chi connectivity index (χ1n) is 7.86. The lowest BCUT2D eigenvalue weighted by Gasteiger charge is -2.22. The largest absolute Gasteiger partial charge is 0.314 e. The molecule has 3 aliphatic rings. The summed E-state index contributed by atoms with van der Waals surface area (Å²) in [6.07, 6.45) is 11.7. The smallest absolute Gasteiger partial charge is 0.00680 e. The molecule has 1 atom stereocenters. The summed E-state index contributed by atoms with van der Waals surface area (Å²) in [5, 5.41) is 3.62. The molecule has 2 saturated carbocycles. The topological polar surface area (TPSA) is 15.3 Å². The zero-order chi connectivity index (χ0) is 11.5. The molecule has 1 saturated heterocycles. The van der Waals surface area contributed by atoms with Crippen molar-refractivity contribution < 1.29 is 0 Å². The number of hydrogen-bond acceptors (Lipinski definition) is 2. The third kappa shape index (κ3) is 4.26. The van der Waals surface area contributed by atoms with Crippen LogP contribution in [0.5, 0.6) is 0 Å². The van der Waals surface area contributed by atoms with Crippen LogP contribution < -0.4 is 5.32 Å². The fraction of sp³-hybridized carbons (Fsp3) is 1.00.